The van der Waals surface area contributed by atoms with Crippen molar-refractivity contribution in [3.8, 4) is 10.8 Å². The Balaban J connectivity index is 2.08. The summed E-state index contributed by atoms with van der Waals surface area (Å²) in [5.74, 6) is -0.711. The number of furan rings is 1. The molecule has 6 nitrogen and oxygen atoms in total. The van der Waals surface area contributed by atoms with E-state index in [1.54, 1.807) is 25.3 Å². The van der Waals surface area contributed by atoms with Gasteiger partial charge in [-0.3, -0.25) is 9.59 Å². The monoisotopic (exact) mass is 280 g/mol. The van der Waals surface area contributed by atoms with Gasteiger partial charge in [0.25, 0.3) is 5.91 Å². The van der Waals surface area contributed by atoms with Gasteiger partial charge in [0, 0.05) is 11.4 Å². The average Bonchev–Trinajstić information content (AvgIpc) is 2.96. The summed E-state index contributed by atoms with van der Waals surface area (Å²) in [4.78, 5) is 27.2. The Labute approximate surface area is 113 Å². The summed E-state index contributed by atoms with van der Waals surface area (Å²) in [6.07, 6.45) is 1.43. The van der Waals surface area contributed by atoms with Gasteiger partial charge in [0.05, 0.1) is 12.7 Å². The molecule has 19 heavy (non-hydrogen) atoms. The van der Waals surface area contributed by atoms with Crippen LogP contribution >= 0.6 is 11.3 Å². The standard InChI is InChI=1S/C12H12N2O4S/c1-7-10(11(17)13-5-4-9(15)16)14-12(19-7)8-3-2-6-18-8/h2-3,6H,4-5H2,1H3,(H,13,17)(H,15,16). The van der Waals surface area contributed by atoms with Crippen LogP contribution in [0.5, 0.6) is 0 Å². The molecule has 2 aromatic heterocycles. The molecule has 0 bridgehead atoms. The first kappa shape index (κ1) is 13.3. The van der Waals surface area contributed by atoms with E-state index in [9.17, 15) is 9.59 Å². The third-order valence-electron chi connectivity index (χ3n) is 2.37. The third-order valence-corrected chi connectivity index (χ3v) is 3.35. The largest absolute Gasteiger partial charge is 0.481 e. The number of aromatic nitrogens is 1. The molecule has 0 saturated carbocycles. The first-order valence-corrected chi connectivity index (χ1v) is 6.41. The SMILES string of the molecule is Cc1sc(-c2ccco2)nc1C(=O)NCCC(=O)O. The number of aryl methyl sites for hydroxylation is 1. The second-order valence-electron chi connectivity index (χ2n) is 3.80. The number of nitrogens with one attached hydrogen (secondary N) is 1. The minimum atomic E-state index is -0.952. The van der Waals surface area contributed by atoms with Gasteiger partial charge in [-0.05, 0) is 19.1 Å². The van der Waals surface area contributed by atoms with Crippen LogP contribution in [0.4, 0.5) is 0 Å². The van der Waals surface area contributed by atoms with Crippen LogP contribution in [0.3, 0.4) is 0 Å². The maximum absolute atomic E-state index is 11.8. The average molecular weight is 280 g/mol. The van der Waals surface area contributed by atoms with Crippen LogP contribution < -0.4 is 5.32 Å². The molecule has 0 unspecified atom stereocenters. The van der Waals surface area contributed by atoms with E-state index in [1.807, 2.05) is 0 Å². The normalized spacial score (nSPS) is 10.4. The summed E-state index contributed by atoms with van der Waals surface area (Å²) in [6.45, 7) is 1.87. The topological polar surface area (TPSA) is 92.4 Å². The first-order valence-electron chi connectivity index (χ1n) is 5.59. The minimum Gasteiger partial charge on any atom is -0.481 e. The molecular weight excluding hydrogens is 268 g/mol. The molecule has 0 radical (unpaired) electrons. The maximum Gasteiger partial charge on any atom is 0.305 e. The van der Waals surface area contributed by atoms with Crippen LogP contribution in [0.1, 0.15) is 21.8 Å². The van der Waals surface area contributed by atoms with Crippen molar-refractivity contribution in [1.29, 1.82) is 0 Å². The highest BCUT2D eigenvalue weighted by Gasteiger charge is 2.17. The molecule has 0 aliphatic rings. The van der Waals surface area contributed by atoms with E-state index < -0.39 is 5.97 Å². The van der Waals surface area contributed by atoms with Gasteiger partial charge in [0.2, 0.25) is 0 Å². The Bertz CT molecular complexity index is 589. The van der Waals surface area contributed by atoms with Crippen molar-refractivity contribution in [2.45, 2.75) is 13.3 Å². The van der Waals surface area contributed by atoms with Gasteiger partial charge in [-0.15, -0.1) is 11.3 Å². The maximum atomic E-state index is 11.8. The molecule has 0 saturated heterocycles. The highest BCUT2D eigenvalue weighted by atomic mass is 32.1. The highest BCUT2D eigenvalue weighted by Crippen LogP contribution is 2.27. The molecule has 7 heteroatoms. The fourth-order valence-corrected chi connectivity index (χ4v) is 2.36. The zero-order chi connectivity index (χ0) is 13.8. The van der Waals surface area contributed by atoms with Crippen LogP contribution in [-0.2, 0) is 4.79 Å². The van der Waals surface area contributed by atoms with Crippen LogP contribution in [0.2, 0.25) is 0 Å². The summed E-state index contributed by atoms with van der Waals surface area (Å²) in [5.41, 5.74) is 0.307. The van der Waals surface area contributed by atoms with E-state index in [0.717, 1.165) is 4.88 Å². The van der Waals surface area contributed by atoms with Crippen molar-refractivity contribution in [2.24, 2.45) is 0 Å². The van der Waals surface area contributed by atoms with Gasteiger partial charge in [0.1, 0.15) is 5.69 Å². The number of carbonyl (C=O) groups excluding carboxylic acids is 1. The smallest absolute Gasteiger partial charge is 0.305 e. The predicted molar refractivity (Wildman–Crippen MR) is 69.1 cm³/mol. The minimum absolute atomic E-state index is 0.0845. The lowest BCUT2D eigenvalue weighted by molar-refractivity contribution is -0.136. The van der Waals surface area contributed by atoms with Crippen molar-refractivity contribution in [3.63, 3.8) is 0 Å². The van der Waals surface area contributed by atoms with Crippen LogP contribution in [0.15, 0.2) is 22.8 Å². The van der Waals surface area contributed by atoms with Crippen molar-refractivity contribution >= 4 is 23.2 Å². The van der Waals surface area contributed by atoms with E-state index in [2.05, 4.69) is 10.3 Å². The molecule has 0 aromatic carbocycles. The molecule has 2 N–H and O–H groups in total. The van der Waals surface area contributed by atoms with Gasteiger partial charge in [0.15, 0.2) is 10.8 Å². The summed E-state index contributed by atoms with van der Waals surface area (Å²) >= 11 is 1.36. The summed E-state index contributed by atoms with van der Waals surface area (Å²) in [5, 5.41) is 11.7. The Morgan fingerprint density at radius 3 is 2.95 bits per heavy atom. The second kappa shape index (κ2) is 5.66. The van der Waals surface area contributed by atoms with Gasteiger partial charge < -0.3 is 14.8 Å². The molecule has 0 aliphatic heterocycles. The number of hydrogen-bond acceptors (Lipinski definition) is 5. The number of amides is 1. The second-order valence-corrected chi connectivity index (χ2v) is 5.00. The number of carbonyl (C=O) groups is 2. The lowest BCUT2D eigenvalue weighted by Crippen LogP contribution is -2.26. The fourth-order valence-electron chi connectivity index (χ4n) is 1.48. The van der Waals surface area contributed by atoms with Crippen LogP contribution in [0.25, 0.3) is 10.8 Å². The zero-order valence-corrected chi connectivity index (χ0v) is 11.0. The van der Waals surface area contributed by atoms with Crippen molar-refractivity contribution < 1.29 is 19.1 Å². The number of carboxylic acid groups (broad SMARTS) is 1. The van der Waals surface area contributed by atoms with E-state index in [1.165, 1.54) is 11.3 Å². The summed E-state index contributed by atoms with van der Waals surface area (Å²) in [6, 6.07) is 3.52. The Kier molecular flexibility index (Phi) is 3.96. The lowest BCUT2D eigenvalue weighted by Gasteiger charge is -2.00. The van der Waals surface area contributed by atoms with Gasteiger partial charge in [-0.2, -0.15) is 0 Å². The van der Waals surface area contributed by atoms with Crippen LogP contribution in [0, 0.1) is 6.92 Å². The number of thiazole rings is 1. The molecule has 2 aromatic rings. The van der Waals surface area contributed by atoms with Gasteiger partial charge >= 0.3 is 5.97 Å². The molecular formula is C12H12N2O4S. The van der Waals surface area contributed by atoms with Gasteiger partial charge in [-0.25, -0.2) is 4.98 Å². The lowest BCUT2D eigenvalue weighted by atomic mass is 10.3. The fraction of sp³-hybridized carbons (Fsp3) is 0.250. The number of carboxylic acids is 1. The van der Waals surface area contributed by atoms with E-state index in [0.29, 0.717) is 16.5 Å². The van der Waals surface area contributed by atoms with E-state index in [4.69, 9.17) is 9.52 Å². The summed E-state index contributed by atoms with van der Waals surface area (Å²) in [7, 11) is 0. The molecule has 2 heterocycles. The van der Waals surface area contributed by atoms with Crippen molar-refractivity contribution in [2.75, 3.05) is 6.54 Å². The number of hydrogen-bond donors (Lipinski definition) is 2. The molecule has 1 amide bonds. The predicted octanol–water partition coefficient (Wildman–Crippen LogP) is 1.92. The van der Waals surface area contributed by atoms with E-state index in [-0.39, 0.29) is 18.9 Å². The number of aliphatic carboxylic acids is 1. The number of nitrogens with zero attached hydrogens (tertiary/aromatic N) is 1. The molecule has 0 spiro atoms. The Morgan fingerprint density at radius 2 is 2.32 bits per heavy atom. The first-order chi connectivity index (χ1) is 9.08. The van der Waals surface area contributed by atoms with E-state index >= 15 is 0 Å². The third kappa shape index (κ3) is 3.19. The molecule has 100 valence electrons. The molecule has 2 rings (SSSR count). The Morgan fingerprint density at radius 1 is 1.53 bits per heavy atom. The van der Waals surface area contributed by atoms with Crippen LogP contribution in [-0.4, -0.2) is 28.5 Å². The zero-order valence-electron chi connectivity index (χ0n) is 10.2. The number of rotatable bonds is 5. The molecule has 0 atom stereocenters. The Hall–Kier alpha value is -2.15. The molecule has 0 aliphatic carbocycles. The van der Waals surface area contributed by atoms with Gasteiger partial charge in [-0.1, -0.05) is 0 Å². The van der Waals surface area contributed by atoms with Crippen molar-refractivity contribution in [1.82, 2.24) is 10.3 Å². The molecule has 0 fully saturated rings. The quantitative estimate of drug-likeness (QED) is 0.872. The summed E-state index contributed by atoms with van der Waals surface area (Å²) < 4.78 is 5.22. The van der Waals surface area contributed by atoms with Crippen molar-refractivity contribution in [3.05, 3.63) is 29.0 Å². The highest BCUT2D eigenvalue weighted by molar-refractivity contribution is 7.15.